The van der Waals surface area contributed by atoms with Gasteiger partial charge in [-0.2, -0.15) is 8.78 Å². The zero-order valence-electron chi connectivity index (χ0n) is 17.0. The summed E-state index contributed by atoms with van der Waals surface area (Å²) in [7, 11) is 2.09. The lowest BCUT2D eigenvalue weighted by Crippen LogP contribution is -2.26. The predicted molar refractivity (Wildman–Crippen MR) is 107 cm³/mol. The second kappa shape index (κ2) is 8.15. The average molecular weight is 441 g/mol. The van der Waals surface area contributed by atoms with Crippen molar-refractivity contribution >= 4 is 0 Å². The number of hydrogen-bond acceptors (Lipinski definition) is 7. The predicted octanol–water partition coefficient (Wildman–Crippen LogP) is 3.50. The molecule has 1 aliphatic heterocycles. The Labute approximate surface area is 180 Å². The molecule has 0 unspecified atom stereocenters. The molecule has 0 saturated heterocycles. The molecule has 0 fully saturated rings. The molecule has 3 aromatic heterocycles. The minimum Gasteiger partial charge on any atom is -0.415 e. The molecule has 8 nitrogen and oxygen atoms in total. The van der Waals surface area contributed by atoms with Gasteiger partial charge in [0.15, 0.2) is 0 Å². The molecule has 0 spiro atoms. The van der Waals surface area contributed by atoms with Gasteiger partial charge in [0, 0.05) is 24.8 Å². The summed E-state index contributed by atoms with van der Waals surface area (Å²) in [6.45, 7) is 1.98. The van der Waals surface area contributed by atoms with Gasteiger partial charge >= 0.3 is 6.43 Å². The second-order valence-electron chi connectivity index (χ2n) is 7.67. The van der Waals surface area contributed by atoms with Crippen LogP contribution in [-0.4, -0.2) is 48.7 Å². The first-order valence-corrected chi connectivity index (χ1v) is 9.93. The SMILES string of the molecule is CN1CCc2ccc(-c3cn(Cc4ncc(-c5nnc(C(F)F)o5)cc4F)nn3)cc2C1. The number of likely N-dealkylation sites (N-methyl/N-ethyl adjacent to an activating group) is 1. The number of rotatable bonds is 5. The topological polar surface area (TPSA) is 85.8 Å². The highest BCUT2D eigenvalue weighted by atomic mass is 19.3. The van der Waals surface area contributed by atoms with Crippen LogP contribution >= 0.6 is 0 Å². The van der Waals surface area contributed by atoms with Gasteiger partial charge < -0.3 is 9.32 Å². The molecule has 0 bridgehead atoms. The lowest BCUT2D eigenvalue weighted by atomic mass is 9.97. The Morgan fingerprint density at radius 1 is 1.09 bits per heavy atom. The maximum atomic E-state index is 14.6. The summed E-state index contributed by atoms with van der Waals surface area (Å²) in [6, 6.07) is 7.37. The van der Waals surface area contributed by atoms with Crippen molar-refractivity contribution in [1.82, 2.24) is 35.1 Å². The van der Waals surface area contributed by atoms with E-state index in [1.165, 1.54) is 22.0 Å². The fourth-order valence-corrected chi connectivity index (χ4v) is 3.66. The number of benzene rings is 1. The minimum atomic E-state index is -2.90. The first-order chi connectivity index (χ1) is 15.5. The van der Waals surface area contributed by atoms with E-state index in [4.69, 9.17) is 4.42 Å². The summed E-state index contributed by atoms with van der Waals surface area (Å²) in [4.78, 5) is 6.34. The number of hydrogen-bond donors (Lipinski definition) is 0. The monoisotopic (exact) mass is 441 g/mol. The van der Waals surface area contributed by atoms with Crippen LogP contribution in [0, 0.1) is 5.82 Å². The summed E-state index contributed by atoms with van der Waals surface area (Å²) in [5, 5.41) is 15.0. The Balaban J connectivity index is 1.34. The molecule has 0 atom stereocenters. The number of halogens is 3. The van der Waals surface area contributed by atoms with Crippen LogP contribution in [-0.2, 0) is 19.5 Å². The van der Waals surface area contributed by atoms with E-state index in [2.05, 4.69) is 49.6 Å². The smallest absolute Gasteiger partial charge is 0.314 e. The molecular formula is C21H18F3N7O. The summed E-state index contributed by atoms with van der Waals surface area (Å²) in [6.07, 6.45) is 1.15. The van der Waals surface area contributed by atoms with Gasteiger partial charge in [0.2, 0.25) is 5.89 Å². The third-order valence-electron chi connectivity index (χ3n) is 5.35. The van der Waals surface area contributed by atoms with Gasteiger partial charge in [-0.05, 0) is 36.7 Å². The Morgan fingerprint density at radius 2 is 1.97 bits per heavy atom. The number of pyridine rings is 1. The molecule has 0 N–H and O–H groups in total. The maximum Gasteiger partial charge on any atom is 0.314 e. The molecule has 1 aliphatic rings. The normalized spacial score (nSPS) is 14.2. The minimum absolute atomic E-state index is 0.0545. The third kappa shape index (κ3) is 3.98. The van der Waals surface area contributed by atoms with E-state index in [9.17, 15) is 13.2 Å². The summed E-state index contributed by atoms with van der Waals surface area (Å²) < 4.78 is 46.1. The molecule has 4 heterocycles. The molecule has 164 valence electrons. The molecule has 0 amide bonds. The highest BCUT2D eigenvalue weighted by molar-refractivity contribution is 5.60. The number of aromatic nitrogens is 6. The van der Waals surface area contributed by atoms with E-state index in [0.29, 0.717) is 5.69 Å². The van der Waals surface area contributed by atoms with Crippen LogP contribution < -0.4 is 0 Å². The van der Waals surface area contributed by atoms with Crippen LogP contribution in [0.2, 0.25) is 0 Å². The molecule has 11 heteroatoms. The van der Waals surface area contributed by atoms with Crippen molar-refractivity contribution in [3.8, 4) is 22.7 Å². The van der Waals surface area contributed by atoms with Gasteiger partial charge in [-0.15, -0.1) is 15.3 Å². The van der Waals surface area contributed by atoms with Crippen molar-refractivity contribution < 1.29 is 17.6 Å². The Hall–Kier alpha value is -3.60. The van der Waals surface area contributed by atoms with Crippen LogP contribution in [0.4, 0.5) is 13.2 Å². The Morgan fingerprint density at radius 3 is 2.75 bits per heavy atom. The number of fused-ring (bicyclic) bond motifs is 1. The van der Waals surface area contributed by atoms with Crippen LogP contribution in [0.1, 0.15) is 29.1 Å². The molecule has 5 rings (SSSR count). The Kier molecular flexibility index (Phi) is 5.17. The fraction of sp³-hybridized carbons (Fsp3) is 0.286. The number of nitrogens with zero attached hydrogens (tertiary/aromatic N) is 7. The highest BCUT2D eigenvalue weighted by Crippen LogP contribution is 2.26. The molecule has 32 heavy (non-hydrogen) atoms. The standard InChI is InChI=1S/C21H18F3N7O/c1-30-5-4-12-2-3-13(6-15(12)9-30)17-10-31(29-26-17)11-18-16(22)7-14(8-25-18)20-27-28-21(32-20)19(23)24/h2-3,6-8,10,19H,4-5,9,11H2,1H3. The third-order valence-corrected chi connectivity index (χ3v) is 5.35. The van der Waals surface area contributed by atoms with Crippen molar-refractivity contribution in [2.45, 2.75) is 25.9 Å². The van der Waals surface area contributed by atoms with E-state index < -0.39 is 18.1 Å². The quantitative estimate of drug-likeness (QED) is 0.469. The van der Waals surface area contributed by atoms with Crippen molar-refractivity contribution in [1.29, 1.82) is 0 Å². The maximum absolute atomic E-state index is 14.6. The molecule has 1 aromatic carbocycles. The van der Waals surface area contributed by atoms with E-state index in [1.807, 2.05) is 6.07 Å². The Bertz CT molecular complexity index is 1270. The first-order valence-electron chi connectivity index (χ1n) is 9.93. The first kappa shape index (κ1) is 20.3. The van der Waals surface area contributed by atoms with Gasteiger partial charge in [0.25, 0.3) is 5.89 Å². The lowest BCUT2D eigenvalue weighted by Gasteiger charge is -2.25. The van der Waals surface area contributed by atoms with Crippen molar-refractivity contribution in [3.63, 3.8) is 0 Å². The van der Waals surface area contributed by atoms with Crippen LogP contribution in [0.3, 0.4) is 0 Å². The zero-order chi connectivity index (χ0) is 22.2. The second-order valence-corrected chi connectivity index (χ2v) is 7.67. The van der Waals surface area contributed by atoms with Crippen molar-refractivity contribution in [2.75, 3.05) is 13.6 Å². The van der Waals surface area contributed by atoms with E-state index >= 15 is 0 Å². The lowest BCUT2D eigenvalue weighted by molar-refractivity contribution is 0.116. The summed E-state index contributed by atoms with van der Waals surface area (Å²) in [5.74, 6) is -1.69. The van der Waals surface area contributed by atoms with E-state index in [-0.39, 0.29) is 23.7 Å². The van der Waals surface area contributed by atoms with Gasteiger partial charge in [-0.3, -0.25) is 4.98 Å². The molecule has 0 aliphatic carbocycles. The zero-order valence-corrected chi connectivity index (χ0v) is 17.0. The molecule has 4 aromatic rings. The van der Waals surface area contributed by atoms with E-state index in [1.54, 1.807) is 6.20 Å². The summed E-state index contributed by atoms with van der Waals surface area (Å²) >= 11 is 0. The van der Waals surface area contributed by atoms with Crippen molar-refractivity contribution in [3.05, 3.63) is 65.2 Å². The molecule has 0 saturated carbocycles. The fourth-order valence-electron chi connectivity index (χ4n) is 3.66. The summed E-state index contributed by atoms with van der Waals surface area (Å²) in [5.41, 5.74) is 4.47. The van der Waals surface area contributed by atoms with Crippen LogP contribution in [0.15, 0.2) is 41.1 Å². The largest absolute Gasteiger partial charge is 0.415 e. The van der Waals surface area contributed by atoms with Crippen molar-refractivity contribution in [2.24, 2.45) is 0 Å². The average Bonchev–Trinajstić information content (AvgIpc) is 3.45. The van der Waals surface area contributed by atoms with Crippen LogP contribution in [0.25, 0.3) is 22.7 Å². The van der Waals surface area contributed by atoms with Gasteiger partial charge in [-0.25, -0.2) is 9.07 Å². The van der Waals surface area contributed by atoms with Gasteiger partial charge in [0.05, 0.1) is 24.0 Å². The molecular weight excluding hydrogens is 423 g/mol. The van der Waals surface area contributed by atoms with E-state index in [0.717, 1.165) is 31.1 Å². The van der Waals surface area contributed by atoms with Gasteiger partial charge in [0.1, 0.15) is 11.5 Å². The van der Waals surface area contributed by atoms with Crippen LogP contribution in [0.5, 0.6) is 0 Å². The molecule has 0 radical (unpaired) electrons. The number of alkyl halides is 2. The highest BCUT2D eigenvalue weighted by Gasteiger charge is 2.19. The van der Waals surface area contributed by atoms with Gasteiger partial charge in [-0.1, -0.05) is 17.3 Å².